The zero-order chi connectivity index (χ0) is 9.97. The van der Waals surface area contributed by atoms with Crippen LogP contribution in [0.4, 0.5) is 0 Å². The van der Waals surface area contributed by atoms with E-state index in [2.05, 4.69) is 19.9 Å². The van der Waals surface area contributed by atoms with Crippen LogP contribution in [0.2, 0.25) is 10.4 Å². The molecule has 0 aliphatic carbocycles. The van der Waals surface area contributed by atoms with Crippen molar-refractivity contribution < 1.29 is 0 Å². The second kappa shape index (κ2) is 3.86. The summed E-state index contributed by atoms with van der Waals surface area (Å²) < 4.78 is 0. The van der Waals surface area contributed by atoms with E-state index in [4.69, 9.17) is 23.2 Å². The van der Waals surface area contributed by atoms with Crippen molar-refractivity contribution in [2.75, 3.05) is 0 Å². The number of hydrogen-bond donors (Lipinski definition) is 0. The summed E-state index contributed by atoms with van der Waals surface area (Å²) in [6, 6.07) is 1.60. The van der Waals surface area contributed by atoms with Crippen molar-refractivity contribution in [1.29, 1.82) is 0 Å². The van der Waals surface area contributed by atoms with Crippen LogP contribution in [0.25, 0.3) is 11.3 Å². The molecule has 0 saturated carbocycles. The van der Waals surface area contributed by atoms with E-state index >= 15 is 0 Å². The van der Waals surface area contributed by atoms with E-state index in [1.54, 1.807) is 18.5 Å². The number of rotatable bonds is 1. The molecule has 0 amide bonds. The van der Waals surface area contributed by atoms with Crippen LogP contribution in [0, 0.1) is 0 Å². The van der Waals surface area contributed by atoms with Gasteiger partial charge in [-0.2, -0.15) is 0 Å². The van der Waals surface area contributed by atoms with Crippen molar-refractivity contribution in [2.24, 2.45) is 0 Å². The third kappa shape index (κ3) is 1.97. The molecule has 0 atom stereocenters. The summed E-state index contributed by atoms with van der Waals surface area (Å²) in [5.41, 5.74) is 1.36. The molecule has 0 radical (unpaired) electrons. The zero-order valence-electron chi connectivity index (χ0n) is 6.85. The quantitative estimate of drug-likeness (QED) is 0.553. The molecule has 2 rings (SSSR count). The molecule has 14 heavy (non-hydrogen) atoms. The van der Waals surface area contributed by atoms with E-state index < -0.39 is 0 Å². The van der Waals surface area contributed by atoms with E-state index in [-0.39, 0.29) is 5.28 Å². The minimum absolute atomic E-state index is 0.108. The predicted molar refractivity (Wildman–Crippen MR) is 53.1 cm³/mol. The molecule has 0 saturated heterocycles. The molecule has 6 heteroatoms. The Morgan fingerprint density at radius 3 is 2.36 bits per heavy atom. The molecule has 0 spiro atoms. The Morgan fingerprint density at radius 1 is 1.00 bits per heavy atom. The van der Waals surface area contributed by atoms with Crippen molar-refractivity contribution in [3.05, 3.63) is 35.2 Å². The highest BCUT2D eigenvalue weighted by Crippen LogP contribution is 2.19. The number of nitrogens with zero attached hydrogens (tertiary/aromatic N) is 4. The van der Waals surface area contributed by atoms with Gasteiger partial charge in [0.15, 0.2) is 0 Å². The third-order valence-electron chi connectivity index (χ3n) is 1.52. The Hall–Kier alpha value is -1.26. The molecule has 0 aliphatic heterocycles. The summed E-state index contributed by atoms with van der Waals surface area (Å²) in [5.74, 6) is 0. The molecular formula is C8H4Cl2N4. The average Bonchev–Trinajstić information content (AvgIpc) is 2.18. The van der Waals surface area contributed by atoms with Gasteiger partial charge in [0.25, 0.3) is 0 Å². The van der Waals surface area contributed by atoms with Crippen LogP contribution < -0.4 is 0 Å². The monoisotopic (exact) mass is 226 g/mol. The first-order valence-corrected chi connectivity index (χ1v) is 4.47. The van der Waals surface area contributed by atoms with E-state index in [9.17, 15) is 0 Å². The summed E-state index contributed by atoms with van der Waals surface area (Å²) >= 11 is 11.4. The predicted octanol–water partition coefficient (Wildman–Crippen LogP) is 2.24. The zero-order valence-corrected chi connectivity index (χ0v) is 8.37. The van der Waals surface area contributed by atoms with Gasteiger partial charge in [0.1, 0.15) is 11.5 Å². The first kappa shape index (κ1) is 9.30. The number of aromatic nitrogens is 4. The largest absolute Gasteiger partial charge is 0.244 e. The SMILES string of the molecule is Clc1cc(-c2cncnc2)nc(Cl)n1. The van der Waals surface area contributed by atoms with Gasteiger partial charge in [-0.15, -0.1) is 0 Å². The van der Waals surface area contributed by atoms with E-state index in [1.165, 1.54) is 6.33 Å². The molecule has 70 valence electrons. The number of halogens is 2. The van der Waals surface area contributed by atoms with E-state index in [0.29, 0.717) is 10.8 Å². The fourth-order valence-corrected chi connectivity index (χ4v) is 1.38. The summed E-state index contributed by atoms with van der Waals surface area (Å²) in [6.45, 7) is 0. The van der Waals surface area contributed by atoms with Crippen molar-refractivity contribution in [3.8, 4) is 11.3 Å². The topological polar surface area (TPSA) is 51.6 Å². The van der Waals surface area contributed by atoms with Gasteiger partial charge in [-0.1, -0.05) is 11.6 Å². The molecule has 0 aromatic carbocycles. The molecule has 0 aliphatic rings. The molecule has 0 N–H and O–H groups in total. The van der Waals surface area contributed by atoms with Crippen LogP contribution in [0.15, 0.2) is 24.8 Å². The lowest BCUT2D eigenvalue weighted by atomic mass is 10.2. The van der Waals surface area contributed by atoms with Gasteiger partial charge in [-0.25, -0.2) is 19.9 Å². The lowest BCUT2D eigenvalue weighted by Crippen LogP contribution is -1.89. The first-order valence-electron chi connectivity index (χ1n) is 3.71. The molecule has 2 aromatic rings. The van der Waals surface area contributed by atoms with Crippen molar-refractivity contribution in [3.63, 3.8) is 0 Å². The number of hydrogen-bond acceptors (Lipinski definition) is 4. The van der Waals surface area contributed by atoms with Gasteiger partial charge in [-0.05, 0) is 11.6 Å². The normalized spacial score (nSPS) is 10.1. The van der Waals surface area contributed by atoms with E-state index in [1.807, 2.05) is 0 Å². The van der Waals surface area contributed by atoms with Gasteiger partial charge in [-0.3, -0.25) is 0 Å². The van der Waals surface area contributed by atoms with E-state index in [0.717, 1.165) is 5.56 Å². The maximum Gasteiger partial charge on any atom is 0.224 e. The first-order chi connectivity index (χ1) is 6.75. The molecule has 2 aromatic heterocycles. The van der Waals surface area contributed by atoms with Crippen molar-refractivity contribution >= 4 is 23.2 Å². The average molecular weight is 227 g/mol. The summed E-state index contributed by atoms with van der Waals surface area (Å²) in [5, 5.41) is 0.403. The molecule has 2 heterocycles. The Morgan fingerprint density at radius 2 is 1.71 bits per heavy atom. The standard InChI is InChI=1S/C8H4Cl2N4/c9-7-1-6(13-8(10)14-7)5-2-11-4-12-3-5/h1-4H. The fraction of sp³-hybridized carbons (Fsp3) is 0. The van der Waals surface area contributed by atoms with Gasteiger partial charge in [0.2, 0.25) is 5.28 Å². The summed E-state index contributed by atoms with van der Waals surface area (Å²) in [4.78, 5) is 15.5. The van der Waals surface area contributed by atoms with Gasteiger partial charge in [0, 0.05) is 24.0 Å². The van der Waals surface area contributed by atoms with Gasteiger partial charge in [0.05, 0.1) is 5.69 Å². The molecule has 0 unspecified atom stereocenters. The van der Waals surface area contributed by atoms with Gasteiger partial charge < -0.3 is 0 Å². The second-order valence-electron chi connectivity index (χ2n) is 2.47. The van der Waals surface area contributed by atoms with Crippen molar-refractivity contribution in [1.82, 2.24) is 19.9 Å². The van der Waals surface area contributed by atoms with Crippen LogP contribution in [0.1, 0.15) is 0 Å². The smallest absolute Gasteiger partial charge is 0.224 e. The Balaban J connectivity index is 2.52. The summed E-state index contributed by atoms with van der Waals surface area (Å²) in [6.07, 6.45) is 4.69. The lowest BCUT2D eigenvalue weighted by Gasteiger charge is -1.99. The fourth-order valence-electron chi connectivity index (χ4n) is 0.969. The molecule has 0 fully saturated rings. The molecule has 0 bridgehead atoms. The van der Waals surface area contributed by atoms with Crippen LogP contribution >= 0.6 is 23.2 Å². The Kier molecular flexibility index (Phi) is 2.56. The van der Waals surface area contributed by atoms with Crippen LogP contribution in [0.5, 0.6) is 0 Å². The molecule has 4 nitrogen and oxygen atoms in total. The molecular weight excluding hydrogens is 223 g/mol. The maximum absolute atomic E-state index is 5.72. The highest BCUT2D eigenvalue weighted by molar-refractivity contribution is 6.32. The van der Waals surface area contributed by atoms with Crippen LogP contribution in [-0.2, 0) is 0 Å². The van der Waals surface area contributed by atoms with Crippen LogP contribution in [-0.4, -0.2) is 19.9 Å². The second-order valence-corrected chi connectivity index (χ2v) is 3.20. The maximum atomic E-state index is 5.72. The Bertz CT molecular complexity index is 426. The highest BCUT2D eigenvalue weighted by atomic mass is 35.5. The van der Waals surface area contributed by atoms with Gasteiger partial charge >= 0.3 is 0 Å². The highest BCUT2D eigenvalue weighted by Gasteiger charge is 2.03. The van der Waals surface area contributed by atoms with Crippen molar-refractivity contribution in [2.45, 2.75) is 0 Å². The van der Waals surface area contributed by atoms with Crippen LogP contribution in [0.3, 0.4) is 0 Å². The lowest BCUT2D eigenvalue weighted by molar-refractivity contribution is 1.13. The minimum atomic E-state index is 0.108. The summed E-state index contributed by atoms with van der Waals surface area (Å²) in [7, 11) is 0. The third-order valence-corrected chi connectivity index (χ3v) is 1.89. The Labute approximate surface area is 90.0 Å². The minimum Gasteiger partial charge on any atom is -0.244 e.